The highest BCUT2D eigenvalue weighted by Gasteiger charge is 2.34. The molecule has 1 aromatic carbocycles. The lowest BCUT2D eigenvalue weighted by molar-refractivity contribution is -0.136. The number of nitrogens with zero attached hydrogens (tertiary/aromatic N) is 1. The largest absolute Gasteiger partial charge is 0.342 e. The van der Waals surface area contributed by atoms with E-state index in [1.165, 1.54) is 0 Å². The molecule has 4 nitrogen and oxygen atoms in total. The van der Waals surface area contributed by atoms with Crippen molar-refractivity contribution in [2.75, 3.05) is 13.1 Å². The fourth-order valence-corrected chi connectivity index (χ4v) is 3.70. The summed E-state index contributed by atoms with van der Waals surface area (Å²) in [6.45, 7) is 1.40. The summed E-state index contributed by atoms with van der Waals surface area (Å²) in [6.07, 6.45) is 4.25. The Morgan fingerprint density at radius 2 is 1.64 bits per heavy atom. The summed E-state index contributed by atoms with van der Waals surface area (Å²) in [7, 11) is 0. The smallest absolute Gasteiger partial charge is 0.225 e. The van der Waals surface area contributed by atoms with Gasteiger partial charge in [-0.1, -0.05) is 30.3 Å². The number of nitrogens with two attached hydrogens (primary N) is 1. The molecule has 0 bridgehead atoms. The number of carbonyl (C=O) groups is 2. The Kier molecular flexibility index (Phi) is 4.57. The molecule has 2 N–H and O–H groups in total. The molecule has 22 heavy (non-hydrogen) atoms. The Labute approximate surface area is 131 Å². The maximum Gasteiger partial charge on any atom is 0.225 e. The molecule has 2 aliphatic rings. The van der Waals surface area contributed by atoms with Crippen LogP contribution in [0, 0.1) is 11.8 Å². The van der Waals surface area contributed by atoms with Crippen molar-refractivity contribution in [2.24, 2.45) is 17.6 Å². The first-order chi connectivity index (χ1) is 10.6. The van der Waals surface area contributed by atoms with Gasteiger partial charge in [-0.3, -0.25) is 9.59 Å². The van der Waals surface area contributed by atoms with E-state index in [2.05, 4.69) is 0 Å². The first-order valence-electron chi connectivity index (χ1n) is 8.29. The molecule has 1 saturated heterocycles. The number of benzene rings is 1. The number of rotatable bonds is 3. The molecular formula is C18H24N2O2. The molecule has 3 rings (SSSR count). The summed E-state index contributed by atoms with van der Waals surface area (Å²) >= 11 is 0. The highest BCUT2D eigenvalue weighted by molar-refractivity contribution is 5.98. The van der Waals surface area contributed by atoms with Crippen molar-refractivity contribution < 1.29 is 9.59 Å². The van der Waals surface area contributed by atoms with Crippen molar-refractivity contribution in [2.45, 2.75) is 38.1 Å². The molecule has 1 saturated carbocycles. The molecule has 2 unspecified atom stereocenters. The van der Waals surface area contributed by atoms with E-state index in [1.54, 1.807) is 0 Å². The highest BCUT2D eigenvalue weighted by atomic mass is 16.2. The first kappa shape index (κ1) is 15.2. The zero-order chi connectivity index (χ0) is 15.5. The van der Waals surface area contributed by atoms with Gasteiger partial charge in [-0.2, -0.15) is 0 Å². The van der Waals surface area contributed by atoms with Crippen LogP contribution < -0.4 is 5.73 Å². The van der Waals surface area contributed by atoms with Crippen LogP contribution in [0.3, 0.4) is 0 Å². The SMILES string of the molecule is NC1CCC(C(=O)N2CCC(C(=O)c3ccccc3)CC2)C1. The molecule has 118 valence electrons. The van der Waals surface area contributed by atoms with Crippen molar-refractivity contribution in [3.8, 4) is 0 Å². The standard InChI is InChI=1S/C18H24N2O2/c19-16-7-6-15(12-16)18(22)20-10-8-14(9-11-20)17(21)13-4-2-1-3-5-13/h1-5,14-16H,6-12,19H2. The van der Waals surface area contributed by atoms with Crippen molar-refractivity contribution in [3.63, 3.8) is 0 Å². The Balaban J connectivity index is 1.54. The van der Waals surface area contributed by atoms with Gasteiger partial charge in [0.25, 0.3) is 0 Å². The van der Waals surface area contributed by atoms with Crippen molar-refractivity contribution in [1.82, 2.24) is 4.90 Å². The van der Waals surface area contributed by atoms with Gasteiger partial charge in [0.05, 0.1) is 0 Å². The van der Waals surface area contributed by atoms with Crippen molar-refractivity contribution >= 4 is 11.7 Å². The lowest BCUT2D eigenvalue weighted by Gasteiger charge is -2.33. The average Bonchev–Trinajstić information content (AvgIpc) is 3.01. The second-order valence-corrected chi connectivity index (χ2v) is 6.60. The summed E-state index contributed by atoms with van der Waals surface area (Å²) in [5.41, 5.74) is 6.69. The average molecular weight is 300 g/mol. The van der Waals surface area contributed by atoms with E-state index in [0.717, 1.165) is 37.7 Å². The van der Waals surface area contributed by atoms with Crippen LogP contribution >= 0.6 is 0 Å². The van der Waals surface area contributed by atoms with Crippen LogP contribution in [0.5, 0.6) is 0 Å². The van der Waals surface area contributed by atoms with E-state index in [1.807, 2.05) is 35.2 Å². The van der Waals surface area contributed by atoms with Gasteiger partial charge >= 0.3 is 0 Å². The van der Waals surface area contributed by atoms with Crippen molar-refractivity contribution in [1.29, 1.82) is 0 Å². The predicted octanol–water partition coefficient (Wildman–Crippen LogP) is 2.24. The second kappa shape index (κ2) is 6.61. The van der Waals surface area contributed by atoms with Crippen LogP contribution in [0.15, 0.2) is 30.3 Å². The minimum atomic E-state index is 0.0530. The zero-order valence-electron chi connectivity index (χ0n) is 12.9. The molecule has 0 spiro atoms. The van der Waals surface area contributed by atoms with E-state index >= 15 is 0 Å². The van der Waals surface area contributed by atoms with E-state index in [0.29, 0.717) is 13.1 Å². The van der Waals surface area contributed by atoms with Gasteiger partial charge in [0.15, 0.2) is 5.78 Å². The second-order valence-electron chi connectivity index (χ2n) is 6.60. The molecule has 0 radical (unpaired) electrons. The van der Waals surface area contributed by atoms with Crippen LogP contribution in [-0.4, -0.2) is 35.7 Å². The van der Waals surface area contributed by atoms with Gasteiger partial charge < -0.3 is 10.6 Å². The summed E-state index contributed by atoms with van der Waals surface area (Å²) < 4.78 is 0. The fraction of sp³-hybridized carbons (Fsp3) is 0.556. The number of piperidine rings is 1. The lowest BCUT2D eigenvalue weighted by atomic mass is 9.88. The summed E-state index contributed by atoms with van der Waals surface area (Å²) in [6, 6.07) is 9.65. The third kappa shape index (κ3) is 3.22. The monoisotopic (exact) mass is 300 g/mol. The molecule has 1 amide bonds. The summed E-state index contributed by atoms with van der Waals surface area (Å²) in [5, 5.41) is 0. The number of carbonyl (C=O) groups excluding carboxylic acids is 2. The quantitative estimate of drug-likeness (QED) is 0.871. The minimum Gasteiger partial charge on any atom is -0.342 e. The maximum atomic E-state index is 12.5. The van der Waals surface area contributed by atoms with E-state index in [4.69, 9.17) is 5.73 Å². The van der Waals surface area contributed by atoms with Crippen molar-refractivity contribution in [3.05, 3.63) is 35.9 Å². The van der Waals surface area contributed by atoms with E-state index in [9.17, 15) is 9.59 Å². The van der Waals surface area contributed by atoms with Gasteiger partial charge in [0.2, 0.25) is 5.91 Å². The van der Waals surface area contributed by atoms with Crippen LogP contribution in [0.25, 0.3) is 0 Å². The molecule has 0 aromatic heterocycles. The van der Waals surface area contributed by atoms with Crippen LogP contribution in [0.1, 0.15) is 42.5 Å². The molecule has 2 atom stereocenters. The third-order valence-corrected chi connectivity index (χ3v) is 5.06. The third-order valence-electron chi connectivity index (χ3n) is 5.06. The van der Waals surface area contributed by atoms with Gasteiger partial charge in [-0.15, -0.1) is 0 Å². The lowest BCUT2D eigenvalue weighted by Crippen LogP contribution is -2.43. The van der Waals surface area contributed by atoms with Crippen LogP contribution in [-0.2, 0) is 4.79 Å². The molecule has 1 heterocycles. The Morgan fingerprint density at radius 3 is 2.23 bits per heavy atom. The molecule has 1 aliphatic heterocycles. The maximum absolute atomic E-state index is 12.5. The molecular weight excluding hydrogens is 276 g/mol. The summed E-state index contributed by atoms with van der Waals surface area (Å²) in [4.78, 5) is 26.9. The Morgan fingerprint density at radius 1 is 0.955 bits per heavy atom. The topological polar surface area (TPSA) is 63.4 Å². The Bertz CT molecular complexity index is 535. The fourth-order valence-electron chi connectivity index (χ4n) is 3.70. The number of amides is 1. The molecule has 1 aromatic rings. The first-order valence-corrected chi connectivity index (χ1v) is 8.29. The molecule has 4 heteroatoms. The van der Waals surface area contributed by atoms with Gasteiger partial charge in [0.1, 0.15) is 0 Å². The summed E-state index contributed by atoms with van der Waals surface area (Å²) in [5.74, 6) is 0.628. The van der Waals surface area contributed by atoms with Gasteiger partial charge in [0, 0.05) is 36.5 Å². The number of likely N-dealkylation sites (tertiary alicyclic amines) is 1. The Hall–Kier alpha value is -1.68. The van der Waals surface area contributed by atoms with E-state index < -0.39 is 0 Å². The van der Waals surface area contributed by atoms with Crippen LogP contribution in [0.2, 0.25) is 0 Å². The van der Waals surface area contributed by atoms with Gasteiger partial charge in [-0.25, -0.2) is 0 Å². The number of hydrogen-bond acceptors (Lipinski definition) is 3. The predicted molar refractivity (Wildman–Crippen MR) is 85.4 cm³/mol. The number of ketones is 1. The van der Waals surface area contributed by atoms with E-state index in [-0.39, 0.29) is 29.6 Å². The zero-order valence-corrected chi connectivity index (χ0v) is 12.9. The normalized spacial score (nSPS) is 26.1. The van der Waals surface area contributed by atoms with Crippen LogP contribution in [0.4, 0.5) is 0 Å². The molecule has 2 fully saturated rings. The number of hydrogen-bond donors (Lipinski definition) is 1. The molecule has 1 aliphatic carbocycles. The van der Waals surface area contributed by atoms with Gasteiger partial charge in [-0.05, 0) is 32.1 Å². The minimum absolute atomic E-state index is 0.0530. The highest BCUT2D eigenvalue weighted by Crippen LogP contribution is 2.29. The number of Topliss-reactive ketones (excluding diaryl/α,β-unsaturated/α-hetero) is 1.